The molecule has 2 aliphatic heterocycles. The molecule has 0 bridgehead atoms. The highest BCUT2D eigenvalue weighted by Gasteiger charge is 2.49. The molecule has 0 aromatic heterocycles. The molecule has 1 fully saturated rings. The number of halogens is 2. The van der Waals surface area contributed by atoms with Crippen LogP contribution in [0.5, 0.6) is 0 Å². The molecule has 3 unspecified atom stereocenters. The lowest BCUT2D eigenvalue weighted by Crippen LogP contribution is -2.51. The van der Waals surface area contributed by atoms with Crippen molar-refractivity contribution in [1.29, 1.82) is 0 Å². The minimum Gasteiger partial charge on any atom is -0.394 e. The molecule has 3 atom stereocenters. The molecular weight excluding hydrogens is 298 g/mol. The van der Waals surface area contributed by atoms with Crippen LogP contribution in [0.2, 0.25) is 0 Å². The molecule has 7 heteroatoms. The molecule has 0 saturated carbocycles. The van der Waals surface area contributed by atoms with Crippen LogP contribution in [0.3, 0.4) is 0 Å². The van der Waals surface area contributed by atoms with Crippen LogP contribution in [0, 0.1) is 17.6 Å². The van der Waals surface area contributed by atoms with Crippen molar-refractivity contribution in [2.45, 2.75) is 18.1 Å². The monoisotopic (exact) mass is 314 g/mol. The van der Waals surface area contributed by atoms with Gasteiger partial charge in [0.1, 0.15) is 17.2 Å². The van der Waals surface area contributed by atoms with Crippen LogP contribution in [0.25, 0.3) is 0 Å². The highest BCUT2D eigenvalue weighted by molar-refractivity contribution is 8.13. The first-order valence-electron chi connectivity index (χ1n) is 6.71. The molecule has 0 radical (unpaired) electrons. The molecule has 2 aliphatic rings. The largest absolute Gasteiger partial charge is 0.394 e. The summed E-state index contributed by atoms with van der Waals surface area (Å²) in [6.45, 7) is 0.0506. The van der Waals surface area contributed by atoms with Gasteiger partial charge in [0.25, 0.3) is 0 Å². The first-order chi connectivity index (χ1) is 10.0. The van der Waals surface area contributed by atoms with E-state index in [1.54, 1.807) is 0 Å². The van der Waals surface area contributed by atoms with Gasteiger partial charge < -0.3 is 15.6 Å². The van der Waals surface area contributed by atoms with E-state index in [0.717, 1.165) is 6.07 Å². The number of thioether (sulfide) groups is 1. The van der Waals surface area contributed by atoms with Gasteiger partial charge in [0.2, 0.25) is 0 Å². The summed E-state index contributed by atoms with van der Waals surface area (Å²) in [6, 6.07) is 3.48. The molecule has 1 saturated heterocycles. The number of aliphatic hydroxyl groups excluding tert-OH is 1. The van der Waals surface area contributed by atoms with Crippen LogP contribution < -0.4 is 5.73 Å². The number of fused-ring (bicyclic) bond motifs is 1. The molecule has 21 heavy (non-hydrogen) atoms. The maximum absolute atomic E-state index is 14.2. The number of rotatable bonds is 2. The fraction of sp³-hybridized carbons (Fsp3) is 0.500. The Morgan fingerprint density at radius 3 is 3.00 bits per heavy atom. The van der Waals surface area contributed by atoms with Crippen molar-refractivity contribution in [3.05, 3.63) is 35.4 Å². The van der Waals surface area contributed by atoms with E-state index in [1.807, 2.05) is 0 Å². The summed E-state index contributed by atoms with van der Waals surface area (Å²) in [5, 5.41) is 9.64. The third kappa shape index (κ3) is 2.54. The molecule has 0 aliphatic carbocycles. The topological polar surface area (TPSA) is 67.8 Å². The second-order valence-corrected chi connectivity index (χ2v) is 6.40. The zero-order chi connectivity index (χ0) is 15.0. The van der Waals surface area contributed by atoms with Gasteiger partial charge in [-0.3, -0.25) is 0 Å². The highest BCUT2D eigenvalue weighted by atomic mass is 32.2. The lowest BCUT2D eigenvalue weighted by molar-refractivity contribution is -0.0771. The molecule has 2 heterocycles. The first-order valence-corrected chi connectivity index (χ1v) is 7.70. The van der Waals surface area contributed by atoms with Crippen molar-refractivity contribution >= 4 is 16.9 Å². The number of amidine groups is 1. The number of aliphatic hydroxyl groups is 1. The zero-order valence-corrected chi connectivity index (χ0v) is 12.1. The van der Waals surface area contributed by atoms with Crippen LogP contribution >= 0.6 is 11.8 Å². The van der Waals surface area contributed by atoms with Gasteiger partial charge in [0, 0.05) is 23.3 Å². The van der Waals surface area contributed by atoms with Gasteiger partial charge in [-0.25, -0.2) is 13.8 Å². The van der Waals surface area contributed by atoms with E-state index in [4.69, 9.17) is 10.5 Å². The van der Waals surface area contributed by atoms with E-state index in [1.165, 1.54) is 23.9 Å². The van der Waals surface area contributed by atoms with E-state index in [2.05, 4.69) is 4.99 Å². The molecule has 4 nitrogen and oxygen atoms in total. The lowest BCUT2D eigenvalue weighted by Gasteiger charge is -2.46. The average Bonchev–Trinajstić information content (AvgIpc) is 2.46. The van der Waals surface area contributed by atoms with Crippen molar-refractivity contribution in [1.82, 2.24) is 0 Å². The van der Waals surface area contributed by atoms with E-state index in [9.17, 15) is 13.9 Å². The fourth-order valence-corrected chi connectivity index (χ4v) is 4.02. The molecule has 0 amide bonds. The summed E-state index contributed by atoms with van der Waals surface area (Å²) < 4.78 is 33.0. The molecule has 0 spiro atoms. The summed E-state index contributed by atoms with van der Waals surface area (Å²) in [5.74, 6) is -0.613. The number of hydrogen-bond acceptors (Lipinski definition) is 5. The maximum Gasteiger partial charge on any atom is 0.154 e. The normalized spacial score (nSPS) is 32.4. The molecular formula is C14H16F2N2O2S. The number of nitrogens with two attached hydrogens (primary N) is 1. The van der Waals surface area contributed by atoms with Crippen LogP contribution in [0.15, 0.2) is 23.2 Å². The van der Waals surface area contributed by atoms with Crippen molar-refractivity contribution < 1.29 is 18.6 Å². The van der Waals surface area contributed by atoms with Crippen LogP contribution in [0.4, 0.5) is 8.78 Å². The third-order valence-corrected chi connectivity index (χ3v) is 5.06. The molecule has 114 valence electrons. The van der Waals surface area contributed by atoms with Gasteiger partial charge in [-0.05, 0) is 12.5 Å². The molecule has 1 aromatic carbocycles. The second-order valence-electron chi connectivity index (χ2n) is 5.36. The fourth-order valence-electron chi connectivity index (χ4n) is 3.01. The Bertz CT molecular complexity index is 584. The minimum absolute atomic E-state index is 0.0133. The summed E-state index contributed by atoms with van der Waals surface area (Å²) in [5.41, 5.74) is 5.19. The quantitative estimate of drug-likeness (QED) is 0.870. The Hall–Kier alpha value is -1.18. The highest BCUT2D eigenvalue weighted by Crippen LogP contribution is 2.46. The number of benzene rings is 1. The average molecular weight is 314 g/mol. The van der Waals surface area contributed by atoms with Crippen molar-refractivity contribution in [2.24, 2.45) is 16.6 Å². The van der Waals surface area contributed by atoms with Gasteiger partial charge in [-0.1, -0.05) is 17.8 Å². The van der Waals surface area contributed by atoms with Gasteiger partial charge in [0.05, 0.1) is 19.3 Å². The summed E-state index contributed by atoms with van der Waals surface area (Å²) in [7, 11) is 0. The smallest absolute Gasteiger partial charge is 0.154 e. The van der Waals surface area contributed by atoms with Gasteiger partial charge in [-0.2, -0.15) is 0 Å². The lowest BCUT2D eigenvalue weighted by atomic mass is 9.75. The van der Waals surface area contributed by atoms with Gasteiger partial charge >= 0.3 is 0 Å². The predicted octanol–water partition coefficient (Wildman–Crippen LogP) is 1.62. The van der Waals surface area contributed by atoms with E-state index in [-0.39, 0.29) is 25.2 Å². The number of aliphatic imine (C=N–C) groups is 1. The van der Waals surface area contributed by atoms with E-state index in [0.29, 0.717) is 22.9 Å². The standard InChI is InChI=1S/C14H16F2N2O2S/c15-9-1-2-11(12(16)4-9)14-7-20-10(5-19)3-8(14)6-21-13(17)18-14/h1-2,4,8,10,19H,3,5-7H2,(H2,17,18). The Morgan fingerprint density at radius 1 is 1.48 bits per heavy atom. The van der Waals surface area contributed by atoms with Gasteiger partial charge in [-0.15, -0.1) is 0 Å². The van der Waals surface area contributed by atoms with Gasteiger partial charge in [0.15, 0.2) is 5.17 Å². The van der Waals surface area contributed by atoms with Crippen molar-refractivity contribution in [2.75, 3.05) is 19.0 Å². The number of hydrogen-bond donors (Lipinski definition) is 2. The minimum atomic E-state index is -0.932. The second kappa shape index (κ2) is 5.55. The van der Waals surface area contributed by atoms with Crippen molar-refractivity contribution in [3.63, 3.8) is 0 Å². The SMILES string of the molecule is NC1=NC2(c3ccc(F)cc3F)COC(CO)CC2CS1. The number of nitrogens with zero attached hydrogens (tertiary/aromatic N) is 1. The summed E-state index contributed by atoms with van der Waals surface area (Å²) in [4.78, 5) is 4.45. The Kier molecular flexibility index (Phi) is 3.90. The molecule has 1 aromatic rings. The molecule has 3 rings (SSSR count). The van der Waals surface area contributed by atoms with E-state index >= 15 is 0 Å². The van der Waals surface area contributed by atoms with Crippen molar-refractivity contribution in [3.8, 4) is 0 Å². The van der Waals surface area contributed by atoms with E-state index < -0.39 is 17.2 Å². The van der Waals surface area contributed by atoms with Crippen LogP contribution in [-0.2, 0) is 10.3 Å². The number of ether oxygens (including phenoxy) is 1. The summed E-state index contributed by atoms with van der Waals surface area (Å²) in [6.07, 6.45) is 0.290. The Morgan fingerprint density at radius 2 is 2.29 bits per heavy atom. The predicted molar refractivity (Wildman–Crippen MR) is 77.0 cm³/mol. The summed E-state index contributed by atoms with van der Waals surface area (Å²) >= 11 is 1.41. The Balaban J connectivity index is 2.07. The molecule has 3 N–H and O–H groups in total. The van der Waals surface area contributed by atoms with Crippen LogP contribution in [-0.4, -0.2) is 35.3 Å². The third-order valence-electron chi connectivity index (χ3n) is 4.11. The zero-order valence-electron chi connectivity index (χ0n) is 11.3. The Labute approximate surface area is 125 Å². The first kappa shape index (κ1) is 14.7. The van der Waals surface area contributed by atoms with Crippen LogP contribution in [0.1, 0.15) is 12.0 Å². The maximum atomic E-state index is 14.2.